The first kappa shape index (κ1) is 24.7. The summed E-state index contributed by atoms with van der Waals surface area (Å²) in [5.41, 5.74) is -0.474. The number of hydrogen-bond acceptors (Lipinski definition) is 10. The Labute approximate surface area is 216 Å². The molecule has 3 fully saturated rings. The molecule has 5 heterocycles. The van der Waals surface area contributed by atoms with Gasteiger partial charge in [0, 0.05) is 0 Å². The van der Waals surface area contributed by atoms with Crippen LogP contribution in [0.2, 0.25) is 10.3 Å². The number of quaternary nitrogens is 2. The Morgan fingerprint density at radius 2 is 0.972 bits per heavy atom. The maximum absolute atomic E-state index is 11.5. The number of halogens is 2. The lowest BCUT2D eigenvalue weighted by molar-refractivity contribution is -1.03. The molecule has 5 rings (SSSR count). The third-order valence-electron chi connectivity index (χ3n) is 7.96. The zero-order chi connectivity index (χ0) is 25.5. The molecule has 14 nitrogen and oxygen atoms in total. The van der Waals surface area contributed by atoms with Gasteiger partial charge in [-0.05, 0) is 0 Å². The molecule has 16 heteroatoms. The molecule has 36 heavy (non-hydrogen) atoms. The van der Waals surface area contributed by atoms with Gasteiger partial charge in [0.25, 0.3) is 0 Å². The SMILES string of the molecule is O=[N+]([O-])c1c(Cl)ncnc1N1CC[N+]2(CC1)CC[N+]1(CCN(c3ncnc(Cl)c3[N+](=O)[O-])CC1)CC2. The fourth-order valence-electron chi connectivity index (χ4n) is 5.64. The number of nitro groups is 2. The van der Waals surface area contributed by atoms with E-state index in [9.17, 15) is 20.2 Å². The second-order valence-corrected chi connectivity index (χ2v) is 10.3. The Morgan fingerprint density at radius 3 is 1.28 bits per heavy atom. The van der Waals surface area contributed by atoms with Crippen molar-refractivity contribution in [2.75, 3.05) is 88.3 Å². The summed E-state index contributed by atoms with van der Waals surface area (Å²) in [6.07, 6.45) is 2.53. The predicted molar refractivity (Wildman–Crippen MR) is 131 cm³/mol. The van der Waals surface area contributed by atoms with Crippen LogP contribution in [0.5, 0.6) is 0 Å². The second-order valence-electron chi connectivity index (χ2n) is 9.63. The molecule has 0 N–H and O–H groups in total. The van der Waals surface area contributed by atoms with Gasteiger partial charge in [-0.15, -0.1) is 0 Å². The second kappa shape index (κ2) is 9.50. The van der Waals surface area contributed by atoms with Crippen molar-refractivity contribution in [2.24, 2.45) is 0 Å². The first-order chi connectivity index (χ1) is 17.2. The van der Waals surface area contributed by atoms with Crippen molar-refractivity contribution in [3.8, 4) is 0 Å². The Balaban J connectivity index is 1.20. The lowest BCUT2D eigenvalue weighted by Crippen LogP contribution is -2.73. The molecule has 2 aromatic heterocycles. The van der Waals surface area contributed by atoms with E-state index in [0.29, 0.717) is 26.2 Å². The van der Waals surface area contributed by atoms with Crippen LogP contribution in [0.4, 0.5) is 23.0 Å². The van der Waals surface area contributed by atoms with Crippen LogP contribution in [0, 0.1) is 20.2 Å². The maximum atomic E-state index is 11.5. The third kappa shape index (κ3) is 4.49. The molecule has 192 valence electrons. The lowest BCUT2D eigenvalue weighted by Gasteiger charge is -2.54. The van der Waals surface area contributed by atoms with E-state index in [4.69, 9.17) is 23.2 Å². The van der Waals surface area contributed by atoms with Crippen LogP contribution in [0.3, 0.4) is 0 Å². The number of nitrogens with zero attached hydrogens (tertiary/aromatic N) is 10. The van der Waals surface area contributed by atoms with Gasteiger partial charge in [0.2, 0.25) is 21.9 Å². The number of piperazine rings is 3. The van der Waals surface area contributed by atoms with E-state index in [1.165, 1.54) is 12.7 Å². The fourth-order valence-corrected chi connectivity index (χ4v) is 6.04. The average Bonchev–Trinajstić information content (AvgIpc) is 2.86. The Morgan fingerprint density at radius 1 is 0.639 bits per heavy atom. The zero-order valence-electron chi connectivity index (χ0n) is 19.5. The number of anilines is 2. The summed E-state index contributed by atoms with van der Waals surface area (Å²) in [7, 11) is 0. The van der Waals surface area contributed by atoms with Crippen molar-refractivity contribution < 1.29 is 18.8 Å². The first-order valence-electron chi connectivity index (χ1n) is 11.7. The Hall–Kier alpha value is -2.94. The molecule has 0 aromatic carbocycles. The van der Waals surface area contributed by atoms with Gasteiger partial charge in [0.15, 0.2) is 0 Å². The molecule has 0 bridgehead atoms. The van der Waals surface area contributed by atoms with Crippen LogP contribution in [-0.2, 0) is 0 Å². The van der Waals surface area contributed by atoms with E-state index < -0.39 is 9.85 Å². The van der Waals surface area contributed by atoms with Crippen molar-refractivity contribution in [1.29, 1.82) is 0 Å². The van der Waals surface area contributed by atoms with Gasteiger partial charge in [-0.3, -0.25) is 20.2 Å². The largest absolute Gasteiger partial charge is 0.348 e. The highest BCUT2D eigenvalue weighted by Gasteiger charge is 2.46. The minimum Gasteiger partial charge on any atom is -0.339 e. The molecule has 3 saturated heterocycles. The molecule has 0 aliphatic carbocycles. The summed E-state index contributed by atoms with van der Waals surface area (Å²) in [4.78, 5) is 41.7. The number of rotatable bonds is 4. The molecule has 2 aromatic rings. The summed E-state index contributed by atoms with van der Waals surface area (Å²) in [5.74, 6) is 0.571. The summed E-state index contributed by atoms with van der Waals surface area (Å²) in [6, 6.07) is 0. The Kier molecular flexibility index (Phi) is 6.53. The molecule has 3 aliphatic rings. The van der Waals surface area contributed by atoms with E-state index in [2.05, 4.69) is 19.9 Å². The molecule has 0 radical (unpaired) electrons. The minimum absolute atomic E-state index is 0.141. The zero-order valence-corrected chi connectivity index (χ0v) is 21.0. The Bertz CT molecular complexity index is 1080. The number of aromatic nitrogens is 4. The predicted octanol–water partition coefficient (Wildman–Crippen LogP) is 1.38. The summed E-state index contributed by atoms with van der Waals surface area (Å²) < 4.78 is 1.97. The highest BCUT2D eigenvalue weighted by atomic mass is 35.5. The van der Waals surface area contributed by atoms with E-state index in [0.717, 1.165) is 61.3 Å². The van der Waals surface area contributed by atoms with E-state index >= 15 is 0 Å². The van der Waals surface area contributed by atoms with E-state index in [1.54, 1.807) is 0 Å². The van der Waals surface area contributed by atoms with Crippen molar-refractivity contribution in [3.63, 3.8) is 0 Å². The van der Waals surface area contributed by atoms with Gasteiger partial charge in [-0.25, -0.2) is 19.9 Å². The van der Waals surface area contributed by atoms with Crippen LogP contribution in [-0.4, -0.2) is 117 Å². The standard InChI is InChI=1S/C20H26Cl2N10O4/c21-17-15(29(33)34)19(25-13-23-17)27-1-5-31(6-2-27)9-11-32(12-10-31)7-3-28(4-8-32)20-16(30(35)36)18(22)24-14-26-20/h13-14H,1-12H2/q+2. The average molecular weight is 541 g/mol. The van der Waals surface area contributed by atoms with Crippen LogP contribution in [0.25, 0.3) is 0 Å². The molecular formula is C20H26Cl2N10O4+2. The van der Waals surface area contributed by atoms with Crippen LogP contribution < -0.4 is 9.80 Å². The van der Waals surface area contributed by atoms with E-state index in [-0.39, 0.29) is 33.3 Å². The normalized spacial score (nSPS) is 21.1. The number of hydrogen-bond donors (Lipinski definition) is 0. The van der Waals surface area contributed by atoms with E-state index in [1.807, 2.05) is 9.80 Å². The molecule has 0 amide bonds. The monoisotopic (exact) mass is 540 g/mol. The van der Waals surface area contributed by atoms with Crippen molar-refractivity contribution in [1.82, 2.24) is 19.9 Å². The summed E-state index contributed by atoms with van der Waals surface area (Å²) >= 11 is 11.9. The highest BCUT2D eigenvalue weighted by Crippen LogP contribution is 2.35. The molecule has 2 spiro atoms. The first-order valence-corrected chi connectivity index (χ1v) is 12.5. The van der Waals surface area contributed by atoms with Crippen LogP contribution in [0.15, 0.2) is 12.7 Å². The molecule has 0 unspecified atom stereocenters. The van der Waals surface area contributed by atoms with Gasteiger partial charge < -0.3 is 18.8 Å². The summed E-state index contributed by atoms with van der Waals surface area (Å²) in [5, 5.41) is 22.7. The molecular weight excluding hydrogens is 515 g/mol. The van der Waals surface area contributed by atoms with Crippen LogP contribution in [0.1, 0.15) is 0 Å². The quantitative estimate of drug-likeness (QED) is 0.241. The summed E-state index contributed by atoms with van der Waals surface area (Å²) in [6.45, 7) is 10.3. The van der Waals surface area contributed by atoms with Crippen molar-refractivity contribution >= 4 is 46.2 Å². The van der Waals surface area contributed by atoms with Gasteiger partial charge in [0.1, 0.15) is 38.8 Å². The molecule has 0 saturated carbocycles. The van der Waals surface area contributed by atoms with Gasteiger partial charge >= 0.3 is 11.4 Å². The lowest BCUT2D eigenvalue weighted by atomic mass is 10.1. The molecule has 3 aliphatic heterocycles. The van der Waals surface area contributed by atoms with Gasteiger partial charge in [0.05, 0.1) is 62.2 Å². The topological polar surface area (TPSA) is 144 Å². The third-order valence-corrected chi connectivity index (χ3v) is 8.51. The van der Waals surface area contributed by atoms with Crippen LogP contribution >= 0.6 is 23.2 Å². The maximum Gasteiger partial charge on any atom is 0.348 e. The molecule has 0 atom stereocenters. The minimum atomic E-state index is -0.519. The smallest absolute Gasteiger partial charge is 0.339 e. The fraction of sp³-hybridized carbons (Fsp3) is 0.600. The van der Waals surface area contributed by atoms with Gasteiger partial charge in [-0.1, -0.05) is 23.2 Å². The van der Waals surface area contributed by atoms with Crippen molar-refractivity contribution in [3.05, 3.63) is 43.2 Å². The van der Waals surface area contributed by atoms with Gasteiger partial charge in [-0.2, -0.15) is 0 Å². The highest BCUT2D eigenvalue weighted by molar-refractivity contribution is 6.32. The van der Waals surface area contributed by atoms with Crippen molar-refractivity contribution in [2.45, 2.75) is 0 Å².